The number of carbonyl (C=O) groups excluding carboxylic acids is 1. The summed E-state index contributed by atoms with van der Waals surface area (Å²) >= 11 is 0. The molecular formula is C17H23N3O2. The van der Waals surface area contributed by atoms with Crippen LogP contribution in [0.25, 0.3) is 0 Å². The highest BCUT2D eigenvalue weighted by molar-refractivity contribution is 5.76. The van der Waals surface area contributed by atoms with Gasteiger partial charge in [-0.2, -0.15) is 5.10 Å². The highest BCUT2D eigenvalue weighted by Gasteiger charge is 2.11. The Kier molecular flexibility index (Phi) is 5.33. The van der Waals surface area contributed by atoms with E-state index < -0.39 is 6.10 Å². The fourth-order valence-corrected chi connectivity index (χ4v) is 2.24. The molecule has 0 saturated heterocycles. The molecule has 1 amide bonds. The van der Waals surface area contributed by atoms with Crippen LogP contribution in [-0.2, 0) is 18.3 Å². The Balaban J connectivity index is 1.77. The first kappa shape index (κ1) is 16.2. The molecule has 1 aromatic heterocycles. The van der Waals surface area contributed by atoms with Crippen LogP contribution < -0.4 is 5.32 Å². The van der Waals surface area contributed by atoms with Crippen molar-refractivity contribution in [3.05, 3.63) is 52.8 Å². The monoisotopic (exact) mass is 301 g/mol. The van der Waals surface area contributed by atoms with E-state index >= 15 is 0 Å². The molecular weight excluding hydrogens is 278 g/mol. The summed E-state index contributed by atoms with van der Waals surface area (Å²) in [7, 11) is 1.89. The van der Waals surface area contributed by atoms with Crippen molar-refractivity contribution in [3.8, 4) is 0 Å². The first-order chi connectivity index (χ1) is 10.5. The van der Waals surface area contributed by atoms with Gasteiger partial charge in [0.1, 0.15) is 0 Å². The van der Waals surface area contributed by atoms with Crippen LogP contribution in [0.2, 0.25) is 0 Å². The van der Waals surface area contributed by atoms with Gasteiger partial charge in [0.15, 0.2) is 0 Å². The molecule has 2 aromatic rings. The van der Waals surface area contributed by atoms with Crippen LogP contribution in [0.4, 0.5) is 0 Å². The summed E-state index contributed by atoms with van der Waals surface area (Å²) in [5, 5.41) is 17.0. The summed E-state index contributed by atoms with van der Waals surface area (Å²) in [6, 6.07) is 7.66. The van der Waals surface area contributed by atoms with Crippen molar-refractivity contribution >= 4 is 5.91 Å². The number of carbonyl (C=O) groups is 1. The predicted octanol–water partition coefficient (Wildman–Crippen LogP) is 1.82. The van der Waals surface area contributed by atoms with Crippen molar-refractivity contribution in [3.63, 3.8) is 0 Å². The first-order valence-electron chi connectivity index (χ1n) is 7.46. The van der Waals surface area contributed by atoms with Gasteiger partial charge in [0.05, 0.1) is 12.3 Å². The maximum atomic E-state index is 11.9. The molecule has 1 unspecified atom stereocenters. The molecule has 0 bridgehead atoms. The second-order valence-corrected chi connectivity index (χ2v) is 5.61. The summed E-state index contributed by atoms with van der Waals surface area (Å²) in [4.78, 5) is 11.9. The molecule has 0 spiro atoms. The molecule has 0 radical (unpaired) electrons. The lowest BCUT2D eigenvalue weighted by Gasteiger charge is -2.12. The molecule has 1 atom stereocenters. The van der Waals surface area contributed by atoms with Crippen molar-refractivity contribution < 1.29 is 9.90 Å². The Bertz CT molecular complexity index is 632. The fraction of sp³-hybridized carbons (Fsp3) is 0.412. The smallest absolute Gasteiger partial charge is 0.220 e. The second-order valence-electron chi connectivity index (χ2n) is 5.61. The van der Waals surface area contributed by atoms with E-state index in [4.69, 9.17) is 0 Å². The summed E-state index contributed by atoms with van der Waals surface area (Å²) in [6.45, 7) is 4.22. The Morgan fingerprint density at radius 2 is 2.00 bits per heavy atom. The van der Waals surface area contributed by atoms with Crippen molar-refractivity contribution in [2.75, 3.05) is 6.54 Å². The summed E-state index contributed by atoms with van der Waals surface area (Å²) < 4.78 is 1.80. The Morgan fingerprint density at radius 3 is 2.59 bits per heavy atom. The van der Waals surface area contributed by atoms with Gasteiger partial charge in [-0.3, -0.25) is 9.48 Å². The zero-order chi connectivity index (χ0) is 16.1. The molecule has 2 rings (SSSR count). The van der Waals surface area contributed by atoms with Crippen LogP contribution >= 0.6 is 0 Å². The molecule has 0 saturated carbocycles. The Hall–Kier alpha value is -2.14. The van der Waals surface area contributed by atoms with Gasteiger partial charge in [-0.05, 0) is 31.4 Å². The van der Waals surface area contributed by atoms with E-state index in [0.29, 0.717) is 12.8 Å². The number of hydrogen-bond donors (Lipinski definition) is 2. The van der Waals surface area contributed by atoms with Crippen molar-refractivity contribution in [1.82, 2.24) is 15.1 Å². The average Bonchev–Trinajstić information content (AvgIpc) is 2.83. The molecule has 0 aliphatic heterocycles. The minimum absolute atomic E-state index is 0.0607. The van der Waals surface area contributed by atoms with E-state index in [0.717, 1.165) is 22.4 Å². The maximum Gasteiger partial charge on any atom is 0.220 e. The number of benzene rings is 1. The van der Waals surface area contributed by atoms with Crippen LogP contribution in [0, 0.1) is 13.8 Å². The van der Waals surface area contributed by atoms with E-state index in [2.05, 4.69) is 10.4 Å². The number of nitrogens with zero attached hydrogens (tertiary/aromatic N) is 2. The second kappa shape index (κ2) is 7.22. The maximum absolute atomic E-state index is 11.9. The van der Waals surface area contributed by atoms with Crippen molar-refractivity contribution in [2.45, 2.75) is 32.8 Å². The number of aliphatic hydroxyl groups excluding tert-OH is 1. The van der Waals surface area contributed by atoms with Gasteiger partial charge in [0.25, 0.3) is 0 Å². The number of aromatic nitrogens is 2. The molecule has 2 N–H and O–H groups in total. The number of aryl methyl sites for hydroxylation is 3. The lowest BCUT2D eigenvalue weighted by atomic mass is 10.1. The topological polar surface area (TPSA) is 67.2 Å². The zero-order valence-corrected chi connectivity index (χ0v) is 13.3. The SMILES string of the molecule is Cc1ccc(C(O)CNC(=O)CCc2cnn(C)c2C)cc1. The molecule has 0 fully saturated rings. The molecule has 1 heterocycles. The summed E-state index contributed by atoms with van der Waals surface area (Å²) in [5.41, 5.74) is 4.12. The van der Waals surface area contributed by atoms with Gasteiger partial charge in [0.2, 0.25) is 5.91 Å². The van der Waals surface area contributed by atoms with Gasteiger partial charge >= 0.3 is 0 Å². The predicted molar refractivity (Wildman–Crippen MR) is 85.4 cm³/mol. The number of hydrogen-bond acceptors (Lipinski definition) is 3. The van der Waals surface area contributed by atoms with Crippen molar-refractivity contribution in [2.24, 2.45) is 7.05 Å². The largest absolute Gasteiger partial charge is 0.387 e. The number of nitrogens with one attached hydrogen (secondary N) is 1. The summed E-state index contributed by atoms with van der Waals surface area (Å²) in [6.07, 6.45) is 2.17. The zero-order valence-electron chi connectivity index (χ0n) is 13.3. The van der Waals surface area contributed by atoms with Crippen molar-refractivity contribution in [1.29, 1.82) is 0 Å². The minimum atomic E-state index is -0.676. The quantitative estimate of drug-likeness (QED) is 0.855. The first-order valence-corrected chi connectivity index (χ1v) is 7.46. The lowest BCUT2D eigenvalue weighted by Crippen LogP contribution is -2.28. The molecule has 5 heteroatoms. The lowest BCUT2D eigenvalue weighted by molar-refractivity contribution is -0.121. The number of rotatable bonds is 6. The molecule has 118 valence electrons. The molecule has 0 aliphatic rings. The van der Waals surface area contributed by atoms with E-state index in [1.807, 2.05) is 45.2 Å². The van der Waals surface area contributed by atoms with Gasteiger partial charge < -0.3 is 10.4 Å². The van der Waals surface area contributed by atoms with E-state index in [-0.39, 0.29) is 12.5 Å². The molecule has 0 aliphatic carbocycles. The third-order valence-corrected chi connectivity index (χ3v) is 3.91. The number of aliphatic hydroxyl groups is 1. The van der Waals surface area contributed by atoms with Crippen LogP contribution in [0.3, 0.4) is 0 Å². The van der Waals surface area contributed by atoms with Gasteiger partial charge in [-0.1, -0.05) is 29.8 Å². The van der Waals surface area contributed by atoms with E-state index in [9.17, 15) is 9.90 Å². The molecule has 1 aromatic carbocycles. The third kappa shape index (κ3) is 4.18. The standard InChI is InChI=1S/C17H23N3O2/c1-12-4-6-14(7-5-12)16(21)11-18-17(22)9-8-15-10-19-20(3)13(15)2/h4-7,10,16,21H,8-9,11H2,1-3H3,(H,18,22). The van der Waals surface area contributed by atoms with E-state index in [1.165, 1.54) is 0 Å². The normalized spacial score (nSPS) is 12.2. The van der Waals surface area contributed by atoms with Crippen LogP contribution in [0.5, 0.6) is 0 Å². The van der Waals surface area contributed by atoms with Gasteiger partial charge in [-0.25, -0.2) is 0 Å². The van der Waals surface area contributed by atoms with E-state index in [1.54, 1.807) is 10.9 Å². The fourth-order valence-electron chi connectivity index (χ4n) is 2.24. The van der Waals surface area contributed by atoms with Crippen LogP contribution in [0.1, 0.15) is 34.9 Å². The van der Waals surface area contributed by atoms with Crippen LogP contribution in [-0.4, -0.2) is 27.3 Å². The number of amides is 1. The molecule has 5 nitrogen and oxygen atoms in total. The minimum Gasteiger partial charge on any atom is -0.387 e. The molecule has 22 heavy (non-hydrogen) atoms. The summed E-state index contributed by atoms with van der Waals surface area (Å²) in [5.74, 6) is -0.0607. The highest BCUT2D eigenvalue weighted by atomic mass is 16.3. The van der Waals surface area contributed by atoms with Gasteiger partial charge in [-0.15, -0.1) is 0 Å². The average molecular weight is 301 g/mol. The Labute approximate surface area is 131 Å². The van der Waals surface area contributed by atoms with Gasteiger partial charge in [0, 0.05) is 25.7 Å². The van der Waals surface area contributed by atoms with Crippen LogP contribution in [0.15, 0.2) is 30.5 Å². The Morgan fingerprint density at radius 1 is 1.32 bits per heavy atom. The third-order valence-electron chi connectivity index (χ3n) is 3.91. The highest BCUT2D eigenvalue weighted by Crippen LogP contribution is 2.13.